The maximum atomic E-state index is 12.6. The fourth-order valence-electron chi connectivity index (χ4n) is 2.53. The summed E-state index contributed by atoms with van der Waals surface area (Å²) in [5.41, 5.74) is 1.14. The van der Waals surface area contributed by atoms with Gasteiger partial charge in [-0.05, 0) is 30.4 Å². The Balaban J connectivity index is 2.38. The maximum Gasteiger partial charge on any atom is 0.203 e. The summed E-state index contributed by atoms with van der Waals surface area (Å²) >= 11 is 0. The van der Waals surface area contributed by atoms with Gasteiger partial charge >= 0.3 is 0 Å². The molecular formula is C20H22O6. The molecule has 0 saturated carbocycles. The van der Waals surface area contributed by atoms with Crippen LogP contribution in [0.4, 0.5) is 0 Å². The van der Waals surface area contributed by atoms with E-state index < -0.39 is 0 Å². The van der Waals surface area contributed by atoms with E-state index in [1.165, 1.54) is 27.4 Å². The first kappa shape index (κ1) is 19.2. The third-order valence-corrected chi connectivity index (χ3v) is 3.80. The number of carbonyl (C=O) groups is 1. The summed E-state index contributed by atoms with van der Waals surface area (Å²) in [7, 11) is 7.63. The second-order valence-electron chi connectivity index (χ2n) is 5.19. The summed E-state index contributed by atoms with van der Waals surface area (Å²) in [5, 5.41) is 0. The minimum atomic E-state index is -0.214. The molecule has 0 bridgehead atoms. The number of ether oxygens (including phenoxy) is 5. The molecule has 0 saturated heterocycles. The van der Waals surface area contributed by atoms with E-state index in [1.807, 2.05) is 12.1 Å². The minimum absolute atomic E-state index is 0.214. The molecule has 2 aromatic rings. The van der Waals surface area contributed by atoms with Gasteiger partial charge in [0, 0.05) is 11.1 Å². The van der Waals surface area contributed by atoms with E-state index in [0.29, 0.717) is 34.3 Å². The van der Waals surface area contributed by atoms with Gasteiger partial charge in [-0.25, -0.2) is 0 Å². The lowest BCUT2D eigenvalue weighted by Gasteiger charge is -2.13. The van der Waals surface area contributed by atoms with Crippen LogP contribution in [0.1, 0.15) is 15.9 Å². The van der Waals surface area contributed by atoms with Crippen molar-refractivity contribution in [3.05, 3.63) is 47.5 Å². The first-order valence-corrected chi connectivity index (χ1v) is 7.83. The number of rotatable bonds is 8. The molecule has 0 spiro atoms. The van der Waals surface area contributed by atoms with Crippen LogP contribution >= 0.6 is 0 Å². The van der Waals surface area contributed by atoms with Crippen LogP contribution < -0.4 is 23.7 Å². The van der Waals surface area contributed by atoms with Gasteiger partial charge in [0.15, 0.2) is 28.8 Å². The maximum absolute atomic E-state index is 12.6. The van der Waals surface area contributed by atoms with Gasteiger partial charge in [0.05, 0.1) is 35.5 Å². The van der Waals surface area contributed by atoms with Gasteiger partial charge < -0.3 is 23.7 Å². The third kappa shape index (κ3) is 3.91. The van der Waals surface area contributed by atoms with Gasteiger partial charge in [-0.2, -0.15) is 0 Å². The van der Waals surface area contributed by atoms with Gasteiger partial charge in [0.1, 0.15) is 0 Å². The Morgan fingerprint density at radius 1 is 0.769 bits per heavy atom. The molecule has 0 unspecified atom stereocenters. The number of hydrogen-bond acceptors (Lipinski definition) is 6. The van der Waals surface area contributed by atoms with Crippen LogP contribution in [0.2, 0.25) is 0 Å². The normalized spacial score (nSPS) is 10.5. The molecule has 0 amide bonds. The van der Waals surface area contributed by atoms with Gasteiger partial charge in [0.2, 0.25) is 5.75 Å². The smallest absolute Gasteiger partial charge is 0.203 e. The molecule has 2 rings (SSSR count). The molecule has 0 N–H and O–H groups in total. The SMILES string of the molecule is COc1cccc(/C=C/C(=O)c2cc(OC)c(OC)c(OC)c2)c1OC. The lowest BCUT2D eigenvalue weighted by atomic mass is 10.1. The van der Waals surface area contributed by atoms with Crippen molar-refractivity contribution in [2.24, 2.45) is 0 Å². The van der Waals surface area contributed by atoms with Crippen molar-refractivity contribution in [2.45, 2.75) is 0 Å². The van der Waals surface area contributed by atoms with E-state index in [0.717, 1.165) is 5.56 Å². The molecule has 138 valence electrons. The van der Waals surface area contributed by atoms with E-state index in [1.54, 1.807) is 38.5 Å². The van der Waals surface area contributed by atoms with Crippen molar-refractivity contribution in [3.8, 4) is 28.7 Å². The highest BCUT2D eigenvalue weighted by atomic mass is 16.5. The number of methoxy groups -OCH3 is 5. The molecule has 0 heterocycles. The van der Waals surface area contributed by atoms with Crippen LogP contribution in [0.3, 0.4) is 0 Å². The first-order valence-electron chi connectivity index (χ1n) is 7.83. The molecule has 0 fully saturated rings. The van der Waals surface area contributed by atoms with Crippen molar-refractivity contribution in [1.82, 2.24) is 0 Å². The molecular weight excluding hydrogens is 336 g/mol. The van der Waals surface area contributed by atoms with Crippen molar-refractivity contribution < 1.29 is 28.5 Å². The van der Waals surface area contributed by atoms with Crippen molar-refractivity contribution in [3.63, 3.8) is 0 Å². The number of para-hydroxylation sites is 1. The quantitative estimate of drug-likeness (QED) is 0.530. The standard InChI is InChI=1S/C20H22O6/c1-22-16-8-6-7-13(19(16)25-4)9-10-15(21)14-11-17(23-2)20(26-5)18(12-14)24-3/h6-12H,1-5H3/b10-9+. The zero-order valence-electron chi connectivity index (χ0n) is 15.5. The second kappa shape index (κ2) is 8.80. The van der Waals surface area contributed by atoms with Crippen LogP contribution in [0, 0.1) is 0 Å². The van der Waals surface area contributed by atoms with Crippen LogP contribution in [0.15, 0.2) is 36.4 Å². The number of benzene rings is 2. The molecule has 0 aliphatic carbocycles. The van der Waals surface area contributed by atoms with Gasteiger partial charge in [-0.3, -0.25) is 4.79 Å². The monoisotopic (exact) mass is 358 g/mol. The Labute approximate surface area is 152 Å². The number of ketones is 1. The molecule has 6 heteroatoms. The lowest BCUT2D eigenvalue weighted by molar-refractivity contribution is 0.104. The summed E-state index contributed by atoms with van der Waals surface area (Å²) < 4.78 is 26.5. The van der Waals surface area contributed by atoms with E-state index >= 15 is 0 Å². The molecule has 2 aromatic carbocycles. The Kier molecular flexibility index (Phi) is 6.49. The zero-order chi connectivity index (χ0) is 19.1. The highest BCUT2D eigenvalue weighted by Gasteiger charge is 2.16. The van der Waals surface area contributed by atoms with Gasteiger partial charge in [-0.15, -0.1) is 0 Å². The summed E-state index contributed by atoms with van der Waals surface area (Å²) in [6.07, 6.45) is 3.13. The first-order chi connectivity index (χ1) is 12.6. The van der Waals surface area contributed by atoms with Gasteiger partial charge in [0.25, 0.3) is 0 Å². The van der Waals surface area contributed by atoms with Crippen LogP contribution in [-0.4, -0.2) is 41.3 Å². The van der Waals surface area contributed by atoms with Crippen molar-refractivity contribution in [2.75, 3.05) is 35.5 Å². The van der Waals surface area contributed by atoms with E-state index in [-0.39, 0.29) is 5.78 Å². The highest BCUT2D eigenvalue weighted by molar-refractivity contribution is 6.07. The fourth-order valence-corrected chi connectivity index (χ4v) is 2.53. The third-order valence-electron chi connectivity index (χ3n) is 3.80. The fraction of sp³-hybridized carbons (Fsp3) is 0.250. The Morgan fingerprint density at radius 2 is 1.35 bits per heavy atom. The molecule has 0 aliphatic rings. The van der Waals surface area contributed by atoms with E-state index in [4.69, 9.17) is 23.7 Å². The molecule has 0 aromatic heterocycles. The Hall–Kier alpha value is -3.15. The molecule has 26 heavy (non-hydrogen) atoms. The topological polar surface area (TPSA) is 63.2 Å². The summed E-state index contributed by atoms with van der Waals surface area (Å²) in [5.74, 6) is 2.21. The summed E-state index contributed by atoms with van der Waals surface area (Å²) in [4.78, 5) is 12.6. The number of allylic oxidation sites excluding steroid dienone is 1. The van der Waals surface area contributed by atoms with E-state index in [2.05, 4.69) is 0 Å². The molecule has 6 nitrogen and oxygen atoms in total. The predicted octanol–water partition coefficient (Wildman–Crippen LogP) is 3.63. The predicted molar refractivity (Wildman–Crippen MR) is 99.0 cm³/mol. The van der Waals surface area contributed by atoms with E-state index in [9.17, 15) is 4.79 Å². The van der Waals surface area contributed by atoms with Crippen LogP contribution in [0.25, 0.3) is 6.08 Å². The second-order valence-corrected chi connectivity index (χ2v) is 5.19. The highest BCUT2D eigenvalue weighted by Crippen LogP contribution is 2.38. The Bertz CT molecular complexity index is 785. The minimum Gasteiger partial charge on any atom is -0.493 e. The van der Waals surface area contributed by atoms with Crippen molar-refractivity contribution >= 4 is 11.9 Å². The van der Waals surface area contributed by atoms with Crippen LogP contribution in [-0.2, 0) is 0 Å². The zero-order valence-corrected chi connectivity index (χ0v) is 15.5. The van der Waals surface area contributed by atoms with Crippen molar-refractivity contribution in [1.29, 1.82) is 0 Å². The molecule has 0 aliphatic heterocycles. The number of carbonyl (C=O) groups excluding carboxylic acids is 1. The lowest BCUT2D eigenvalue weighted by Crippen LogP contribution is -2.00. The molecule has 0 radical (unpaired) electrons. The molecule has 0 atom stereocenters. The average molecular weight is 358 g/mol. The van der Waals surface area contributed by atoms with Gasteiger partial charge in [-0.1, -0.05) is 12.1 Å². The van der Waals surface area contributed by atoms with Crippen LogP contribution in [0.5, 0.6) is 28.7 Å². The number of hydrogen-bond donors (Lipinski definition) is 0. The summed E-state index contributed by atoms with van der Waals surface area (Å²) in [6, 6.07) is 8.66. The largest absolute Gasteiger partial charge is 0.493 e. The summed E-state index contributed by atoms with van der Waals surface area (Å²) in [6.45, 7) is 0. The average Bonchev–Trinajstić information content (AvgIpc) is 2.69. The Morgan fingerprint density at radius 3 is 1.85 bits per heavy atom.